The molecule has 1 amide bonds. The van der Waals surface area contributed by atoms with Gasteiger partial charge >= 0.3 is 5.97 Å². The summed E-state index contributed by atoms with van der Waals surface area (Å²) in [6, 6.07) is 14.8. The van der Waals surface area contributed by atoms with Crippen LogP contribution in [-0.4, -0.2) is 38.2 Å². The predicted octanol–water partition coefficient (Wildman–Crippen LogP) is 3.95. The highest BCUT2D eigenvalue weighted by Gasteiger charge is 2.21. The Morgan fingerprint density at radius 3 is 2.38 bits per heavy atom. The van der Waals surface area contributed by atoms with E-state index in [-0.39, 0.29) is 11.8 Å². The first-order valence-electron chi connectivity index (χ1n) is 9.84. The van der Waals surface area contributed by atoms with E-state index in [1.807, 2.05) is 37.3 Å². The van der Waals surface area contributed by atoms with E-state index in [1.54, 1.807) is 25.1 Å². The normalized spacial score (nSPS) is 12.6. The van der Waals surface area contributed by atoms with Crippen molar-refractivity contribution in [2.24, 2.45) is 0 Å². The minimum absolute atomic E-state index is 0.207. The van der Waals surface area contributed by atoms with Crippen molar-refractivity contribution in [2.45, 2.75) is 39.2 Å². The molecule has 0 saturated carbocycles. The Labute approximate surface area is 172 Å². The average molecular weight is 399 g/mol. The number of carbonyl (C=O) groups excluding carboxylic acids is 2. The summed E-state index contributed by atoms with van der Waals surface area (Å²) in [7, 11) is 1.53. The highest BCUT2D eigenvalue weighted by atomic mass is 16.5. The highest BCUT2D eigenvalue weighted by molar-refractivity contribution is 5.92. The molecule has 0 spiro atoms. The van der Waals surface area contributed by atoms with Crippen LogP contribution in [0.25, 0.3) is 0 Å². The van der Waals surface area contributed by atoms with Crippen molar-refractivity contribution in [2.75, 3.05) is 20.3 Å². The maximum absolute atomic E-state index is 12.4. The maximum Gasteiger partial charge on any atom is 0.339 e. The Morgan fingerprint density at radius 1 is 1.03 bits per heavy atom. The van der Waals surface area contributed by atoms with Gasteiger partial charge in [-0.2, -0.15) is 0 Å². The van der Waals surface area contributed by atoms with Crippen LogP contribution >= 0.6 is 0 Å². The molecule has 2 aromatic rings. The fourth-order valence-corrected chi connectivity index (χ4v) is 2.94. The molecule has 6 heteroatoms. The van der Waals surface area contributed by atoms with Gasteiger partial charge < -0.3 is 19.5 Å². The van der Waals surface area contributed by atoms with Crippen LogP contribution in [0.2, 0.25) is 0 Å². The van der Waals surface area contributed by atoms with Crippen LogP contribution in [0, 0.1) is 0 Å². The Balaban J connectivity index is 1.95. The van der Waals surface area contributed by atoms with E-state index in [1.165, 1.54) is 12.7 Å². The molecular weight excluding hydrogens is 370 g/mol. The fourth-order valence-electron chi connectivity index (χ4n) is 2.94. The number of hydrogen-bond donors (Lipinski definition) is 1. The van der Waals surface area contributed by atoms with Crippen LogP contribution < -0.4 is 14.8 Å². The molecule has 0 aliphatic rings. The zero-order valence-corrected chi connectivity index (χ0v) is 17.4. The summed E-state index contributed by atoms with van der Waals surface area (Å²) >= 11 is 0. The topological polar surface area (TPSA) is 73.9 Å². The van der Waals surface area contributed by atoms with Crippen molar-refractivity contribution in [3.63, 3.8) is 0 Å². The minimum atomic E-state index is -0.909. The number of amides is 1. The van der Waals surface area contributed by atoms with E-state index in [2.05, 4.69) is 12.2 Å². The molecule has 0 aliphatic carbocycles. The van der Waals surface area contributed by atoms with Crippen LogP contribution in [0.3, 0.4) is 0 Å². The third-order valence-corrected chi connectivity index (χ3v) is 4.64. The monoisotopic (exact) mass is 399 g/mol. The van der Waals surface area contributed by atoms with Crippen LogP contribution in [0.4, 0.5) is 0 Å². The number of methoxy groups -OCH3 is 1. The molecule has 0 aliphatic heterocycles. The summed E-state index contributed by atoms with van der Waals surface area (Å²) in [4.78, 5) is 24.8. The van der Waals surface area contributed by atoms with Crippen molar-refractivity contribution in [1.82, 2.24) is 5.32 Å². The molecule has 0 bridgehead atoms. The van der Waals surface area contributed by atoms with Gasteiger partial charge in [0.2, 0.25) is 0 Å². The molecule has 2 atom stereocenters. The number of ether oxygens (including phenoxy) is 3. The molecule has 156 valence electrons. The lowest BCUT2D eigenvalue weighted by molar-refractivity contribution is -0.129. The zero-order valence-electron chi connectivity index (χ0n) is 17.4. The SMILES string of the molecule is CCOc1cc(C(=O)O[C@H](C)C(=O)NC[C@@H](CC)c2ccccc2)ccc1OC. The lowest BCUT2D eigenvalue weighted by Crippen LogP contribution is -2.38. The van der Waals surface area contributed by atoms with Gasteiger partial charge in [0.15, 0.2) is 17.6 Å². The molecular formula is C23H29NO5. The number of esters is 1. The third kappa shape index (κ3) is 6.24. The summed E-state index contributed by atoms with van der Waals surface area (Å²) < 4.78 is 16.0. The second-order valence-corrected chi connectivity index (χ2v) is 6.61. The van der Waals surface area contributed by atoms with Crippen LogP contribution in [0.15, 0.2) is 48.5 Å². The quantitative estimate of drug-likeness (QED) is 0.613. The predicted molar refractivity (Wildman–Crippen MR) is 112 cm³/mol. The van der Waals surface area contributed by atoms with Crippen LogP contribution in [0.5, 0.6) is 11.5 Å². The Bertz CT molecular complexity index is 806. The Morgan fingerprint density at radius 2 is 1.76 bits per heavy atom. The number of hydrogen-bond acceptors (Lipinski definition) is 5. The van der Waals surface area contributed by atoms with E-state index in [4.69, 9.17) is 14.2 Å². The summed E-state index contributed by atoms with van der Waals surface area (Å²) in [5.74, 6) is 0.270. The second-order valence-electron chi connectivity index (χ2n) is 6.61. The molecule has 2 rings (SSSR count). The first-order valence-corrected chi connectivity index (χ1v) is 9.84. The molecule has 1 N–H and O–H groups in total. The highest BCUT2D eigenvalue weighted by Crippen LogP contribution is 2.28. The average Bonchev–Trinajstić information content (AvgIpc) is 2.74. The van der Waals surface area contributed by atoms with Crippen molar-refractivity contribution >= 4 is 11.9 Å². The number of nitrogens with one attached hydrogen (secondary N) is 1. The molecule has 29 heavy (non-hydrogen) atoms. The first kappa shape index (κ1) is 22.3. The number of rotatable bonds is 10. The van der Waals surface area contributed by atoms with E-state index in [0.29, 0.717) is 30.2 Å². The summed E-state index contributed by atoms with van der Waals surface area (Å²) in [6.45, 7) is 6.40. The standard InChI is InChI=1S/C23H29NO5/c1-5-17(18-10-8-7-9-11-18)15-24-22(25)16(3)29-23(26)19-12-13-20(27-4)21(14-19)28-6-2/h7-14,16-17H,5-6,15H2,1-4H3,(H,24,25)/t16-,17-/m1/s1. The van der Waals surface area contributed by atoms with Crippen molar-refractivity contribution in [1.29, 1.82) is 0 Å². The van der Waals surface area contributed by atoms with Crippen molar-refractivity contribution < 1.29 is 23.8 Å². The molecule has 0 unspecified atom stereocenters. The number of benzene rings is 2. The van der Waals surface area contributed by atoms with Gasteiger partial charge in [-0.15, -0.1) is 0 Å². The van der Waals surface area contributed by atoms with Crippen LogP contribution in [0.1, 0.15) is 49.0 Å². The fraction of sp³-hybridized carbons (Fsp3) is 0.391. The van der Waals surface area contributed by atoms with Gasteiger partial charge in [0, 0.05) is 12.5 Å². The van der Waals surface area contributed by atoms with Gasteiger partial charge in [0.1, 0.15) is 0 Å². The molecule has 6 nitrogen and oxygen atoms in total. The molecule has 0 radical (unpaired) electrons. The lowest BCUT2D eigenvalue weighted by Gasteiger charge is -2.19. The van der Waals surface area contributed by atoms with Gasteiger partial charge in [0.25, 0.3) is 5.91 Å². The van der Waals surface area contributed by atoms with E-state index < -0.39 is 12.1 Å². The zero-order chi connectivity index (χ0) is 21.2. The molecule has 0 aromatic heterocycles. The first-order chi connectivity index (χ1) is 14.0. The van der Waals surface area contributed by atoms with E-state index in [9.17, 15) is 9.59 Å². The van der Waals surface area contributed by atoms with E-state index in [0.717, 1.165) is 6.42 Å². The second kappa shape index (κ2) is 11.1. The number of carbonyl (C=O) groups is 2. The summed E-state index contributed by atoms with van der Waals surface area (Å²) in [6.07, 6.45) is -0.0155. The van der Waals surface area contributed by atoms with Gasteiger partial charge in [-0.3, -0.25) is 4.79 Å². The Kier molecular flexibility index (Phi) is 8.52. The van der Waals surface area contributed by atoms with Crippen molar-refractivity contribution in [3.8, 4) is 11.5 Å². The largest absolute Gasteiger partial charge is 0.493 e. The molecule has 0 heterocycles. The van der Waals surface area contributed by atoms with Crippen molar-refractivity contribution in [3.05, 3.63) is 59.7 Å². The third-order valence-electron chi connectivity index (χ3n) is 4.64. The summed E-state index contributed by atoms with van der Waals surface area (Å²) in [5.41, 5.74) is 1.46. The molecule has 2 aromatic carbocycles. The molecule has 0 saturated heterocycles. The lowest BCUT2D eigenvalue weighted by atomic mass is 9.96. The van der Waals surface area contributed by atoms with Gasteiger partial charge in [-0.25, -0.2) is 4.79 Å². The van der Waals surface area contributed by atoms with Gasteiger partial charge in [-0.1, -0.05) is 37.3 Å². The van der Waals surface area contributed by atoms with E-state index >= 15 is 0 Å². The van der Waals surface area contributed by atoms with Gasteiger partial charge in [-0.05, 0) is 44.0 Å². The minimum Gasteiger partial charge on any atom is -0.493 e. The summed E-state index contributed by atoms with van der Waals surface area (Å²) in [5, 5.41) is 2.88. The Hall–Kier alpha value is -3.02. The van der Waals surface area contributed by atoms with Gasteiger partial charge in [0.05, 0.1) is 19.3 Å². The maximum atomic E-state index is 12.4. The molecule has 0 fully saturated rings. The van der Waals surface area contributed by atoms with Crippen LogP contribution in [-0.2, 0) is 9.53 Å². The smallest absolute Gasteiger partial charge is 0.339 e.